The van der Waals surface area contributed by atoms with Crippen LogP contribution in [-0.2, 0) is 13.5 Å². The van der Waals surface area contributed by atoms with Gasteiger partial charge < -0.3 is 4.57 Å². The normalized spacial score (nSPS) is 10.7. The number of rotatable bonds is 3. The monoisotopic (exact) mass is 204 g/mol. The fraction of sp³-hybridized carbons (Fsp3) is 0.273. The molecule has 15 heavy (non-hydrogen) atoms. The van der Waals surface area contributed by atoms with E-state index in [4.69, 9.17) is 0 Å². The van der Waals surface area contributed by atoms with Gasteiger partial charge in [0.25, 0.3) is 0 Å². The fourth-order valence-corrected chi connectivity index (χ4v) is 1.80. The molecule has 4 heteroatoms. The maximum atomic E-state index is 10.3. The predicted octanol–water partition coefficient (Wildman–Crippen LogP) is 2.00. The van der Waals surface area contributed by atoms with Gasteiger partial charge in [-0.1, -0.05) is 12.1 Å². The zero-order chi connectivity index (χ0) is 10.8. The third kappa shape index (κ3) is 1.83. The number of hydrogen-bond donors (Lipinski definition) is 0. The second-order valence-electron chi connectivity index (χ2n) is 3.58. The third-order valence-corrected chi connectivity index (χ3v) is 2.58. The molecule has 0 atom stereocenters. The number of aromatic nitrogens is 1. The summed E-state index contributed by atoms with van der Waals surface area (Å²) in [6.07, 6.45) is 2.47. The first-order valence-corrected chi connectivity index (χ1v) is 4.83. The molecule has 0 aliphatic heterocycles. The van der Waals surface area contributed by atoms with Gasteiger partial charge in [0.05, 0.1) is 0 Å². The van der Waals surface area contributed by atoms with Gasteiger partial charge in [-0.3, -0.25) is 10.1 Å². The van der Waals surface area contributed by atoms with Gasteiger partial charge in [0, 0.05) is 35.5 Å². The summed E-state index contributed by atoms with van der Waals surface area (Å²) in [7, 11) is 1.97. The van der Waals surface area contributed by atoms with E-state index in [9.17, 15) is 10.1 Å². The number of nitrogens with zero attached hydrogens (tertiary/aromatic N) is 2. The van der Waals surface area contributed by atoms with Crippen molar-refractivity contribution in [3.8, 4) is 0 Å². The van der Waals surface area contributed by atoms with Crippen molar-refractivity contribution in [2.45, 2.75) is 6.42 Å². The molecule has 0 amide bonds. The zero-order valence-electron chi connectivity index (χ0n) is 8.51. The van der Waals surface area contributed by atoms with Crippen molar-refractivity contribution in [2.24, 2.45) is 7.05 Å². The Labute approximate surface area is 87.3 Å². The smallest absolute Gasteiger partial charge is 0.207 e. The Morgan fingerprint density at radius 3 is 2.93 bits per heavy atom. The summed E-state index contributed by atoms with van der Waals surface area (Å²) in [4.78, 5) is 10.0. The zero-order valence-corrected chi connectivity index (χ0v) is 8.51. The number of nitro groups is 1. The van der Waals surface area contributed by atoms with E-state index in [0.29, 0.717) is 6.42 Å². The SMILES string of the molecule is Cn1ccc2c(CC[N+](=O)[O-])cccc21. The summed E-state index contributed by atoms with van der Waals surface area (Å²) in [6.45, 7) is -0.00594. The van der Waals surface area contributed by atoms with Crippen LogP contribution in [0.5, 0.6) is 0 Å². The van der Waals surface area contributed by atoms with Gasteiger partial charge in [0.1, 0.15) is 0 Å². The van der Waals surface area contributed by atoms with Crippen LogP contribution in [-0.4, -0.2) is 16.0 Å². The molecule has 4 nitrogen and oxygen atoms in total. The van der Waals surface area contributed by atoms with Crippen molar-refractivity contribution >= 4 is 10.9 Å². The molecule has 0 radical (unpaired) electrons. The summed E-state index contributed by atoms with van der Waals surface area (Å²) in [5, 5.41) is 11.4. The van der Waals surface area contributed by atoms with E-state index in [0.717, 1.165) is 16.5 Å². The van der Waals surface area contributed by atoms with Crippen LogP contribution in [0, 0.1) is 10.1 Å². The van der Waals surface area contributed by atoms with E-state index in [1.165, 1.54) is 0 Å². The van der Waals surface area contributed by atoms with Gasteiger partial charge in [-0.15, -0.1) is 0 Å². The largest absolute Gasteiger partial charge is 0.351 e. The minimum absolute atomic E-state index is 0.00594. The first kappa shape index (κ1) is 9.71. The Bertz CT molecular complexity index is 502. The Morgan fingerprint density at radius 2 is 2.20 bits per heavy atom. The molecule has 0 saturated carbocycles. The van der Waals surface area contributed by atoms with Gasteiger partial charge >= 0.3 is 0 Å². The molecule has 1 aromatic carbocycles. The molecular formula is C11H12N2O2. The first-order valence-electron chi connectivity index (χ1n) is 4.83. The van der Waals surface area contributed by atoms with Crippen molar-refractivity contribution in [1.29, 1.82) is 0 Å². The minimum atomic E-state index is -0.276. The molecule has 0 saturated heterocycles. The lowest BCUT2D eigenvalue weighted by atomic mass is 10.1. The highest BCUT2D eigenvalue weighted by Crippen LogP contribution is 2.19. The van der Waals surface area contributed by atoms with Crippen LogP contribution >= 0.6 is 0 Å². The molecule has 0 unspecified atom stereocenters. The van der Waals surface area contributed by atoms with E-state index in [1.54, 1.807) is 0 Å². The van der Waals surface area contributed by atoms with E-state index in [2.05, 4.69) is 0 Å². The van der Waals surface area contributed by atoms with E-state index in [1.807, 2.05) is 42.1 Å². The Kier molecular flexibility index (Phi) is 2.41. The van der Waals surface area contributed by atoms with Crippen molar-refractivity contribution < 1.29 is 4.92 Å². The fourth-order valence-electron chi connectivity index (χ4n) is 1.80. The highest BCUT2D eigenvalue weighted by atomic mass is 16.6. The van der Waals surface area contributed by atoms with Crippen molar-refractivity contribution in [1.82, 2.24) is 4.57 Å². The summed E-state index contributed by atoms with van der Waals surface area (Å²) >= 11 is 0. The topological polar surface area (TPSA) is 48.1 Å². The number of fused-ring (bicyclic) bond motifs is 1. The van der Waals surface area contributed by atoms with Crippen molar-refractivity contribution in [3.63, 3.8) is 0 Å². The molecule has 2 rings (SSSR count). The molecular weight excluding hydrogens is 192 g/mol. The summed E-state index contributed by atoms with van der Waals surface area (Å²) < 4.78 is 2.02. The Hall–Kier alpha value is -1.84. The second kappa shape index (κ2) is 3.73. The second-order valence-corrected chi connectivity index (χ2v) is 3.58. The van der Waals surface area contributed by atoms with Crippen LogP contribution < -0.4 is 0 Å². The number of benzene rings is 1. The number of hydrogen-bond acceptors (Lipinski definition) is 2. The summed E-state index contributed by atoms with van der Waals surface area (Å²) in [6, 6.07) is 7.92. The maximum Gasteiger partial charge on any atom is 0.207 e. The molecule has 1 heterocycles. The molecule has 0 bridgehead atoms. The molecule has 78 valence electrons. The predicted molar refractivity (Wildman–Crippen MR) is 58.5 cm³/mol. The number of aryl methyl sites for hydroxylation is 1. The van der Waals surface area contributed by atoms with Gasteiger partial charge in [-0.25, -0.2) is 0 Å². The average Bonchev–Trinajstić information content (AvgIpc) is 2.58. The molecule has 0 spiro atoms. The van der Waals surface area contributed by atoms with Crippen LogP contribution in [0.25, 0.3) is 10.9 Å². The van der Waals surface area contributed by atoms with Crippen LogP contribution in [0.4, 0.5) is 0 Å². The van der Waals surface area contributed by atoms with Crippen molar-refractivity contribution in [2.75, 3.05) is 6.54 Å². The highest BCUT2D eigenvalue weighted by molar-refractivity contribution is 5.83. The lowest BCUT2D eigenvalue weighted by Crippen LogP contribution is -2.04. The van der Waals surface area contributed by atoms with E-state index < -0.39 is 0 Å². The van der Waals surface area contributed by atoms with Crippen LogP contribution in [0.3, 0.4) is 0 Å². The lowest BCUT2D eigenvalue weighted by Gasteiger charge is -2.01. The Morgan fingerprint density at radius 1 is 1.40 bits per heavy atom. The van der Waals surface area contributed by atoms with Crippen molar-refractivity contribution in [3.05, 3.63) is 46.1 Å². The van der Waals surface area contributed by atoms with Crippen LogP contribution in [0.1, 0.15) is 5.56 Å². The highest BCUT2D eigenvalue weighted by Gasteiger charge is 2.06. The third-order valence-electron chi connectivity index (χ3n) is 2.58. The summed E-state index contributed by atoms with van der Waals surface area (Å²) in [5.74, 6) is 0. The molecule has 1 aromatic heterocycles. The Balaban J connectivity index is 2.38. The van der Waals surface area contributed by atoms with Gasteiger partial charge in [0.2, 0.25) is 6.54 Å². The average molecular weight is 204 g/mol. The van der Waals surface area contributed by atoms with E-state index >= 15 is 0 Å². The molecule has 0 aliphatic rings. The molecule has 0 aliphatic carbocycles. The molecule has 2 aromatic rings. The van der Waals surface area contributed by atoms with Crippen LogP contribution in [0.15, 0.2) is 30.5 Å². The molecule has 0 fully saturated rings. The van der Waals surface area contributed by atoms with Gasteiger partial charge in [0.15, 0.2) is 0 Å². The van der Waals surface area contributed by atoms with E-state index in [-0.39, 0.29) is 11.5 Å². The molecule has 0 N–H and O–H groups in total. The van der Waals surface area contributed by atoms with Gasteiger partial charge in [-0.2, -0.15) is 0 Å². The standard InChI is InChI=1S/C11H12N2O2/c1-12-7-6-10-9(5-8-13(14)15)3-2-4-11(10)12/h2-4,6-7H,5,8H2,1H3. The first-order chi connectivity index (χ1) is 7.18. The minimum Gasteiger partial charge on any atom is -0.351 e. The quantitative estimate of drug-likeness (QED) is 0.567. The van der Waals surface area contributed by atoms with Gasteiger partial charge in [-0.05, 0) is 17.7 Å². The lowest BCUT2D eigenvalue weighted by molar-refractivity contribution is -0.479. The van der Waals surface area contributed by atoms with Crippen LogP contribution in [0.2, 0.25) is 0 Å². The maximum absolute atomic E-state index is 10.3. The summed E-state index contributed by atoms with van der Waals surface area (Å²) in [5.41, 5.74) is 2.17.